The molecule has 1 aliphatic rings. The lowest BCUT2D eigenvalue weighted by Gasteiger charge is -2.31. The molecule has 2 aromatic rings. The maximum Gasteiger partial charge on any atom is 0.319 e. The van der Waals surface area contributed by atoms with Crippen molar-refractivity contribution in [3.05, 3.63) is 45.5 Å². The molecule has 0 aliphatic carbocycles. The molecule has 28 heavy (non-hydrogen) atoms. The molecule has 2 N–H and O–H groups in total. The molecule has 2 amide bonds. The van der Waals surface area contributed by atoms with Gasteiger partial charge in [-0.05, 0) is 64.3 Å². The van der Waals surface area contributed by atoms with Crippen LogP contribution in [-0.4, -0.2) is 40.1 Å². The van der Waals surface area contributed by atoms with Crippen molar-refractivity contribution in [2.45, 2.75) is 40.2 Å². The van der Waals surface area contributed by atoms with Gasteiger partial charge in [-0.2, -0.15) is 0 Å². The number of carbonyl (C=O) groups excluding carboxylic acids is 1. The largest absolute Gasteiger partial charge is 0.444 e. The van der Waals surface area contributed by atoms with Crippen LogP contribution in [0, 0.1) is 26.7 Å². The van der Waals surface area contributed by atoms with Gasteiger partial charge in [-0.3, -0.25) is 9.69 Å². The van der Waals surface area contributed by atoms with Crippen molar-refractivity contribution in [2.75, 3.05) is 25.0 Å². The molecule has 8 nitrogen and oxygen atoms in total. The fraction of sp³-hybridized carbons (Fsp3) is 0.550. The van der Waals surface area contributed by atoms with Crippen molar-refractivity contribution in [3.8, 4) is 0 Å². The molecule has 0 atom stereocenters. The highest BCUT2D eigenvalue weighted by Gasteiger charge is 2.21. The van der Waals surface area contributed by atoms with Crippen LogP contribution in [0.4, 0.5) is 10.5 Å². The number of nitrogens with one attached hydrogen (secondary N) is 2. The van der Waals surface area contributed by atoms with Crippen molar-refractivity contribution in [1.29, 1.82) is 0 Å². The number of aromatic nitrogens is 2. The Morgan fingerprint density at radius 3 is 2.64 bits per heavy atom. The van der Waals surface area contributed by atoms with Crippen LogP contribution in [0.25, 0.3) is 0 Å². The molecule has 0 radical (unpaired) electrons. The smallest absolute Gasteiger partial charge is 0.319 e. The number of nitrogens with zero attached hydrogens (tertiary/aromatic N) is 3. The summed E-state index contributed by atoms with van der Waals surface area (Å²) in [6.45, 7) is 8.93. The molecule has 0 aromatic carbocycles. The third kappa shape index (κ3) is 4.81. The van der Waals surface area contributed by atoms with E-state index in [4.69, 9.17) is 4.42 Å². The number of oxazole rings is 1. The number of rotatable bonds is 5. The fourth-order valence-corrected chi connectivity index (χ4v) is 3.41. The van der Waals surface area contributed by atoms with Gasteiger partial charge < -0.3 is 19.6 Å². The number of anilines is 1. The van der Waals surface area contributed by atoms with Crippen LogP contribution in [0.2, 0.25) is 0 Å². The maximum absolute atomic E-state index is 12.2. The predicted octanol–water partition coefficient (Wildman–Crippen LogP) is 2.33. The molecule has 3 heterocycles. The zero-order valence-corrected chi connectivity index (χ0v) is 17.0. The number of carbonyl (C=O) groups is 1. The van der Waals surface area contributed by atoms with Crippen LogP contribution in [-0.2, 0) is 13.6 Å². The molecular weight excluding hydrogens is 358 g/mol. The van der Waals surface area contributed by atoms with Crippen molar-refractivity contribution >= 4 is 11.7 Å². The number of piperidine rings is 1. The summed E-state index contributed by atoms with van der Waals surface area (Å²) in [5.41, 5.74) is 1.82. The van der Waals surface area contributed by atoms with Gasteiger partial charge in [0.05, 0.1) is 12.2 Å². The molecule has 1 fully saturated rings. The number of likely N-dealkylation sites (tertiary alicyclic amines) is 1. The lowest BCUT2D eigenvalue weighted by molar-refractivity contribution is 0.162. The normalized spacial score (nSPS) is 15.6. The standard InChI is InChI=1S/C20H29N5O3/c1-13-5-8-24(4)19(26)18(13)23-20(27)21-11-16-6-9-25(10-7-16)12-17-22-14(2)15(3)28-17/h5,8,16H,6-7,9-12H2,1-4H3,(H2,21,23,27). The minimum atomic E-state index is -0.334. The Hall–Kier alpha value is -2.61. The molecule has 152 valence electrons. The van der Waals surface area contributed by atoms with E-state index in [1.165, 1.54) is 4.57 Å². The number of aryl methyl sites for hydroxylation is 4. The maximum atomic E-state index is 12.2. The molecule has 3 rings (SSSR count). The van der Waals surface area contributed by atoms with Gasteiger partial charge in [-0.1, -0.05) is 0 Å². The molecule has 0 bridgehead atoms. The van der Waals surface area contributed by atoms with Gasteiger partial charge in [0.1, 0.15) is 11.4 Å². The summed E-state index contributed by atoms with van der Waals surface area (Å²) in [5.74, 6) is 2.07. The summed E-state index contributed by atoms with van der Waals surface area (Å²) in [6.07, 6.45) is 3.70. The number of hydrogen-bond donors (Lipinski definition) is 2. The summed E-state index contributed by atoms with van der Waals surface area (Å²) in [6, 6.07) is 1.48. The highest BCUT2D eigenvalue weighted by molar-refractivity contribution is 5.89. The Kier molecular flexibility index (Phi) is 6.18. The molecule has 8 heteroatoms. The van der Waals surface area contributed by atoms with Gasteiger partial charge in [-0.25, -0.2) is 9.78 Å². The van der Waals surface area contributed by atoms with Gasteiger partial charge in [0.25, 0.3) is 5.56 Å². The Labute approximate surface area is 164 Å². The first-order valence-electron chi connectivity index (χ1n) is 9.70. The summed E-state index contributed by atoms with van der Waals surface area (Å²) >= 11 is 0. The van der Waals surface area contributed by atoms with Crippen molar-refractivity contribution in [1.82, 2.24) is 19.8 Å². The second-order valence-corrected chi connectivity index (χ2v) is 7.59. The average molecular weight is 387 g/mol. The monoisotopic (exact) mass is 387 g/mol. The Bertz CT molecular complexity index is 874. The van der Waals surface area contributed by atoms with E-state index in [2.05, 4.69) is 20.5 Å². The van der Waals surface area contributed by atoms with Gasteiger partial charge in [-0.15, -0.1) is 0 Å². The third-order valence-electron chi connectivity index (χ3n) is 5.41. The predicted molar refractivity (Wildman–Crippen MR) is 107 cm³/mol. The van der Waals surface area contributed by atoms with Gasteiger partial charge in [0.2, 0.25) is 5.89 Å². The van der Waals surface area contributed by atoms with E-state index < -0.39 is 0 Å². The molecule has 2 aromatic heterocycles. The van der Waals surface area contributed by atoms with Crippen LogP contribution in [0.1, 0.15) is 35.7 Å². The lowest BCUT2D eigenvalue weighted by atomic mass is 9.97. The second-order valence-electron chi connectivity index (χ2n) is 7.59. The van der Waals surface area contributed by atoms with E-state index >= 15 is 0 Å². The van der Waals surface area contributed by atoms with Crippen molar-refractivity contribution in [3.63, 3.8) is 0 Å². The molecule has 0 saturated carbocycles. The van der Waals surface area contributed by atoms with Crippen LogP contribution >= 0.6 is 0 Å². The zero-order chi connectivity index (χ0) is 20.3. The minimum Gasteiger partial charge on any atom is -0.444 e. The van der Waals surface area contributed by atoms with Crippen LogP contribution in [0.3, 0.4) is 0 Å². The van der Waals surface area contributed by atoms with E-state index in [1.54, 1.807) is 13.2 Å². The zero-order valence-electron chi connectivity index (χ0n) is 17.0. The van der Waals surface area contributed by atoms with E-state index in [-0.39, 0.29) is 11.6 Å². The summed E-state index contributed by atoms with van der Waals surface area (Å²) < 4.78 is 7.12. The number of hydrogen-bond acceptors (Lipinski definition) is 5. The number of amides is 2. The summed E-state index contributed by atoms with van der Waals surface area (Å²) in [4.78, 5) is 31.1. The van der Waals surface area contributed by atoms with E-state index in [9.17, 15) is 9.59 Å². The average Bonchev–Trinajstić information content (AvgIpc) is 2.98. The third-order valence-corrected chi connectivity index (χ3v) is 5.41. The lowest BCUT2D eigenvalue weighted by Crippen LogP contribution is -2.40. The highest BCUT2D eigenvalue weighted by atomic mass is 16.4. The molecule has 0 unspecified atom stereocenters. The van der Waals surface area contributed by atoms with E-state index in [0.717, 1.165) is 55.4 Å². The van der Waals surface area contributed by atoms with Crippen molar-refractivity contribution < 1.29 is 9.21 Å². The summed E-state index contributed by atoms with van der Waals surface area (Å²) in [5, 5.41) is 5.60. The molecular formula is C20H29N5O3. The first-order valence-corrected chi connectivity index (χ1v) is 9.70. The van der Waals surface area contributed by atoms with E-state index in [1.807, 2.05) is 26.8 Å². The first kappa shape index (κ1) is 20.1. The van der Waals surface area contributed by atoms with Crippen LogP contribution in [0.15, 0.2) is 21.5 Å². The topological polar surface area (TPSA) is 92.4 Å². The highest BCUT2D eigenvalue weighted by Crippen LogP contribution is 2.19. The van der Waals surface area contributed by atoms with E-state index in [0.29, 0.717) is 18.2 Å². The number of urea groups is 1. The van der Waals surface area contributed by atoms with Gasteiger partial charge in [0, 0.05) is 19.8 Å². The molecule has 1 saturated heterocycles. The Morgan fingerprint density at radius 1 is 1.29 bits per heavy atom. The van der Waals surface area contributed by atoms with Crippen LogP contribution in [0.5, 0.6) is 0 Å². The van der Waals surface area contributed by atoms with Crippen LogP contribution < -0.4 is 16.2 Å². The second kappa shape index (κ2) is 8.60. The minimum absolute atomic E-state index is 0.208. The Balaban J connectivity index is 1.43. The summed E-state index contributed by atoms with van der Waals surface area (Å²) in [7, 11) is 1.67. The molecule has 1 aliphatic heterocycles. The number of pyridine rings is 1. The first-order chi connectivity index (χ1) is 13.3. The van der Waals surface area contributed by atoms with Gasteiger partial charge in [0.15, 0.2) is 0 Å². The quantitative estimate of drug-likeness (QED) is 0.821. The van der Waals surface area contributed by atoms with Crippen molar-refractivity contribution in [2.24, 2.45) is 13.0 Å². The fourth-order valence-electron chi connectivity index (χ4n) is 3.41. The Morgan fingerprint density at radius 2 is 2.00 bits per heavy atom. The molecule has 0 spiro atoms. The van der Waals surface area contributed by atoms with Gasteiger partial charge >= 0.3 is 6.03 Å². The SMILES string of the molecule is Cc1ccn(C)c(=O)c1NC(=O)NCC1CCN(Cc2nc(C)c(C)o2)CC1.